The molecule has 2 atom stereocenters. The number of sulfonamides is 1. The first kappa shape index (κ1) is 14.5. The van der Waals surface area contributed by atoms with Crippen LogP contribution < -0.4 is 9.64 Å². The molecule has 21 heavy (non-hydrogen) atoms. The Hall–Kier alpha value is -1.41. The summed E-state index contributed by atoms with van der Waals surface area (Å²) in [5, 5.41) is 0. The number of anilines is 1. The average Bonchev–Trinajstić information content (AvgIpc) is 3.08. The minimum absolute atomic E-state index is 0.0657. The molecule has 0 spiro atoms. The van der Waals surface area contributed by atoms with E-state index in [1.54, 1.807) is 24.4 Å². The zero-order chi connectivity index (χ0) is 15.0. The molecule has 7 nitrogen and oxygen atoms in total. The Balaban J connectivity index is 1.83. The lowest BCUT2D eigenvalue weighted by Crippen LogP contribution is -2.40. The molecule has 2 aliphatic heterocycles. The topological polar surface area (TPSA) is 75.6 Å². The van der Waals surface area contributed by atoms with Crippen molar-refractivity contribution in [1.82, 2.24) is 14.3 Å². The number of hydrogen-bond acceptors (Lipinski definition) is 6. The normalized spacial score (nSPS) is 26.1. The number of fused-ring (bicyclic) bond motifs is 1. The molecule has 2 saturated heterocycles. The molecular formula is C13H20N4O3S. The Bertz CT molecular complexity index is 622. The maximum Gasteiger partial charge on any atom is 0.218 e. The second-order valence-corrected chi connectivity index (χ2v) is 7.55. The Morgan fingerprint density at radius 1 is 1.29 bits per heavy atom. The first-order chi connectivity index (χ1) is 10.1. The third-order valence-electron chi connectivity index (χ3n) is 4.38. The lowest BCUT2D eigenvalue weighted by molar-refractivity contribution is 0.388. The third-order valence-corrected chi connectivity index (χ3v) is 6.28. The van der Waals surface area contributed by atoms with Crippen molar-refractivity contribution in [3.8, 4) is 5.88 Å². The van der Waals surface area contributed by atoms with E-state index < -0.39 is 10.0 Å². The lowest BCUT2D eigenvalue weighted by Gasteiger charge is -2.25. The Kier molecular flexibility index (Phi) is 3.75. The van der Waals surface area contributed by atoms with E-state index in [-0.39, 0.29) is 17.8 Å². The summed E-state index contributed by atoms with van der Waals surface area (Å²) in [5.41, 5.74) is 0. The van der Waals surface area contributed by atoms with Crippen LogP contribution in [-0.4, -0.2) is 60.7 Å². The van der Waals surface area contributed by atoms with Crippen LogP contribution >= 0.6 is 0 Å². The molecule has 1 aromatic rings. The van der Waals surface area contributed by atoms with Gasteiger partial charge in [-0.1, -0.05) is 0 Å². The number of nitrogens with zero attached hydrogens (tertiary/aromatic N) is 4. The average molecular weight is 312 g/mol. The fraction of sp³-hybridized carbons (Fsp3) is 0.692. The molecule has 0 aliphatic carbocycles. The number of ether oxygens (including phenoxy) is 1. The molecule has 116 valence electrons. The summed E-state index contributed by atoms with van der Waals surface area (Å²) in [6.07, 6.45) is 3.17. The quantitative estimate of drug-likeness (QED) is 0.805. The molecule has 0 radical (unpaired) electrons. The Morgan fingerprint density at radius 2 is 2.05 bits per heavy atom. The van der Waals surface area contributed by atoms with Gasteiger partial charge in [-0.25, -0.2) is 18.4 Å². The van der Waals surface area contributed by atoms with Gasteiger partial charge in [0.2, 0.25) is 15.9 Å². The fourth-order valence-corrected chi connectivity index (χ4v) is 4.71. The number of aromatic nitrogens is 2. The summed E-state index contributed by atoms with van der Waals surface area (Å²) in [7, 11) is -1.55. The standard InChI is InChI=1S/C13H20N4O3S/c1-3-21(18,19)17-7-5-10-11(17)4-6-16(10)12-8-13(20-2)15-9-14-12/h8-11H,3-7H2,1-2H3/t10-,11+/m0/s1. The van der Waals surface area contributed by atoms with Gasteiger partial charge in [-0.3, -0.25) is 0 Å². The van der Waals surface area contributed by atoms with Crippen LogP contribution in [0.25, 0.3) is 0 Å². The van der Waals surface area contributed by atoms with Crippen LogP contribution in [0, 0.1) is 0 Å². The highest BCUT2D eigenvalue weighted by Gasteiger charge is 2.46. The van der Waals surface area contributed by atoms with E-state index >= 15 is 0 Å². The summed E-state index contributed by atoms with van der Waals surface area (Å²) < 4.78 is 31.1. The Morgan fingerprint density at radius 3 is 2.76 bits per heavy atom. The van der Waals surface area contributed by atoms with Gasteiger partial charge in [0.1, 0.15) is 12.1 Å². The van der Waals surface area contributed by atoms with E-state index in [0.717, 1.165) is 25.2 Å². The van der Waals surface area contributed by atoms with E-state index in [1.165, 1.54) is 6.33 Å². The highest BCUT2D eigenvalue weighted by atomic mass is 32.2. The molecule has 0 aromatic carbocycles. The predicted octanol–water partition coefficient (Wildman–Crippen LogP) is 0.488. The van der Waals surface area contributed by atoms with Gasteiger partial charge in [0.15, 0.2) is 0 Å². The first-order valence-electron chi connectivity index (χ1n) is 7.19. The maximum atomic E-state index is 12.1. The fourth-order valence-electron chi connectivity index (χ4n) is 3.34. The number of hydrogen-bond donors (Lipinski definition) is 0. The lowest BCUT2D eigenvalue weighted by atomic mass is 10.1. The molecule has 8 heteroatoms. The third kappa shape index (κ3) is 2.46. The van der Waals surface area contributed by atoms with Crippen LogP contribution in [-0.2, 0) is 10.0 Å². The highest BCUT2D eigenvalue weighted by Crippen LogP contribution is 2.36. The first-order valence-corrected chi connectivity index (χ1v) is 8.80. The van der Waals surface area contributed by atoms with Crippen molar-refractivity contribution in [2.75, 3.05) is 30.9 Å². The molecule has 0 N–H and O–H groups in total. The summed E-state index contributed by atoms with van der Waals surface area (Å²) in [4.78, 5) is 10.5. The van der Waals surface area contributed by atoms with Crippen molar-refractivity contribution in [1.29, 1.82) is 0 Å². The van der Waals surface area contributed by atoms with Crippen LogP contribution in [0.15, 0.2) is 12.4 Å². The van der Waals surface area contributed by atoms with Gasteiger partial charge in [-0.05, 0) is 19.8 Å². The van der Waals surface area contributed by atoms with Crippen molar-refractivity contribution in [3.63, 3.8) is 0 Å². The summed E-state index contributed by atoms with van der Waals surface area (Å²) in [5.74, 6) is 1.50. The Labute approximate surface area is 125 Å². The molecular weight excluding hydrogens is 292 g/mol. The SMILES string of the molecule is CCS(=O)(=O)N1CC[C@H]2[C@H]1CCN2c1cc(OC)ncn1. The van der Waals surface area contributed by atoms with Crippen molar-refractivity contribution in [2.45, 2.75) is 31.8 Å². The minimum Gasteiger partial charge on any atom is -0.481 e. The smallest absolute Gasteiger partial charge is 0.218 e. The van der Waals surface area contributed by atoms with Crippen LogP contribution in [0.4, 0.5) is 5.82 Å². The van der Waals surface area contributed by atoms with Crippen LogP contribution in [0.3, 0.4) is 0 Å². The van der Waals surface area contributed by atoms with Gasteiger partial charge in [0.25, 0.3) is 0 Å². The second kappa shape index (κ2) is 5.42. The molecule has 3 heterocycles. The van der Waals surface area contributed by atoms with Crippen LogP contribution in [0.2, 0.25) is 0 Å². The van der Waals surface area contributed by atoms with Gasteiger partial charge in [-0.2, -0.15) is 4.31 Å². The van der Waals surface area contributed by atoms with Crippen molar-refractivity contribution < 1.29 is 13.2 Å². The van der Waals surface area contributed by atoms with Crippen LogP contribution in [0.5, 0.6) is 5.88 Å². The summed E-state index contributed by atoms with van der Waals surface area (Å²) in [6, 6.07) is 2.07. The maximum absolute atomic E-state index is 12.1. The van der Waals surface area contributed by atoms with Crippen molar-refractivity contribution in [2.24, 2.45) is 0 Å². The molecule has 0 bridgehead atoms. The predicted molar refractivity (Wildman–Crippen MR) is 78.9 cm³/mol. The largest absolute Gasteiger partial charge is 0.481 e. The van der Waals surface area contributed by atoms with Gasteiger partial charge in [0, 0.05) is 31.2 Å². The van der Waals surface area contributed by atoms with E-state index in [0.29, 0.717) is 12.4 Å². The zero-order valence-corrected chi connectivity index (χ0v) is 13.1. The highest BCUT2D eigenvalue weighted by molar-refractivity contribution is 7.89. The van der Waals surface area contributed by atoms with Crippen molar-refractivity contribution in [3.05, 3.63) is 12.4 Å². The van der Waals surface area contributed by atoms with Gasteiger partial charge in [0.05, 0.1) is 12.9 Å². The van der Waals surface area contributed by atoms with Gasteiger partial charge in [-0.15, -0.1) is 0 Å². The second-order valence-electron chi connectivity index (χ2n) is 5.34. The van der Waals surface area contributed by atoms with Crippen molar-refractivity contribution >= 4 is 15.8 Å². The molecule has 0 amide bonds. The van der Waals surface area contributed by atoms with E-state index in [9.17, 15) is 8.42 Å². The summed E-state index contributed by atoms with van der Waals surface area (Å²) >= 11 is 0. The van der Waals surface area contributed by atoms with E-state index in [2.05, 4.69) is 14.9 Å². The molecule has 0 saturated carbocycles. The molecule has 1 aromatic heterocycles. The van der Waals surface area contributed by atoms with Crippen LogP contribution in [0.1, 0.15) is 19.8 Å². The monoisotopic (exact) mass is 312 g/mol. The number of rotatable bonds is 4. The van der Waals surface area contributed by atoms with Gasteiger partial charge >= 0.3 is 0 Å². The summed E-state index contributed by atoms with van der Waals surface area (Å²) in [6.45, 7) is 3.11. The van der Waals surface area contributed by atoms with E-state index in [1.807, 2.05) is 0 Å². The molecule has 2 fully saturated rings. The molecule has 3 rings (SSSR count). The molecule has 0 unspecified atom stereocenters. The van der Waals surface area contributed by atoms with E-state index in [4.69, 9.17) is 4.74 Å². The zero-order valence-electron chi connectivity index (χ0n) is 12.3. The number of methoxy groups -OCH3 is 1. The minimum atomic E-state index is -3.12. The molecule has 2 aliphatic rings. The van der Waals surface area contributed by atoms with Gasteiger partial charge < -0.3 is 9.64 Å².